The number of aryl methyl sites for hydroxylation is 1. The van der Waals surface area contributed by atoms with Gasteiger partial charge in [0.15, 0.2) is 0 Å². The number of halogens is 2. The summed E-state index contributed by atoms with van der Waals surface area (Å²) in [5, 5.41) is 4.64. The molecule has 2 N–H and O–H groups in total. The molecule has 0 spiro atoms. The Morgan fingerprint density at radius 2 is 1.91 bits per heavy atom. The van der Waals surface area contributed by atoms with E-state index in [2.05, 4.69) is 10.6 Å². The standard InChI is InChI=1S/C16H13ClFN3O2/c1-8-5-10(6-14-15(22)20-16(23)19-14)9(2)21(8)11-3-4-13(18)12(17)7-11/h3-7H,1-2H3,(H2,19,20,22,23)/b14-6+. The fraction of sp³-hybridized carbons (Fsp3) is 0.125. The minimum atomic E-state index is -0.541. The summed E-state index contributed by atoms with van der Waals surface area (Å²) in [5.74, 6) is -0.949. The summed E-state index contributed by atoms with van der Waals surface area (Å²) in [7, 11) is 0. The lowest BCUT2D eigenvalue weighted by Crippen LogP contribution is -2.22. The Hall–Kier alpha value is -2.60. The van der Waals surface area contributed by atoms with Gasteiger partial charge in [-0.05, 0) is 49.8 Å². The molecule has 0 atom stereocenters. The number of carbonyl (C=O) groups is 2. The molecule has 1 aromatic heterocycles. The Morgan fingerprint density at radius 1 is 1.17 bits per heavy atom. The minimum absolute atomic E-state index is 0.0392. The number of nitrogens with zero attached hydrogens (tertiary/aromatic N) is 1. The van der Waals surface area contributed by atoms with Gasteiger partial charge >= 0.3 is 6.03 Å². The van der Waals surface area contributed by atoms with E-state index in [1.807, 2.05) is 24.5 Å². The van der Waals surface area contributed by atoms with Gasteiger partial charge < -0.3 is 9.88 Å². The average molecular weight is 334 g/mol. The highest BCUT2D eigenvalue weighted by molar-refractivity contribution is 6.30. The van der Waals surface area contributed by atoms with Crippen molar-refractivity contribution >= 4 is 29.6 Å². The molecule has 1 aliphatic heterocycles. The normalized spacial score (nSPS) is 15.9. The Bertz CT molecular complexity index is 870. The Balaban J connectivity index is 2.06. The van der Waals surface area contributed by atoms with Crippen LogP contribution in [0.1, 0.15) is 17.0 Å². The molecule has 5 nitrogen and oxygen atoms in total. The van der Waals surface area contributed by atoms with Gasteiger partial charge in [0.1, 0.15) is 11.5 Å². The smallest absolute Gasteiger partial charge is 0.318 e. The predicted octanol–water partition coefficient (Wildman–Crippen LogP) is 3.07. The quantitative estimate of drug-likeness (QED) is 0.655. The number of amides is 3. The van der Waals surface area contributed by atoms with Gasteiger partial charge in [0, 0.05) is 17.1 Å². The van der Waals surface area contributed by atoms with Crippen LogP contribution in [0.15, 0.2) is 30.0 Å². The van der Waals surface area contributed by atoms with Gasteiger partial charge in [0.05, 0.1) is 5.02 Å². The molecule has 7 heteroatoms. The van der Waals surface area contributed by atoms with Crippen LogP contribution in [0.25, 0.3) is 11.8 Å². The van der Waals surface area contributed by atoms with Crippen LogP contribution in [-0.4, -0.2) is 16.5 Å². The van der Waals surface area contributed by atoms with Crippen LogP contribution in [0.3, 0.4) is 0 Å². The molecule has 0 radical (unpaired) electrons. The molecule has 1 aromatic carbocycles. The van der Waals surface area contributed by atoms with Gasteiger partial charge in [0.2, 0.25) is 0 Å². The summed E-state index contributed by atoms with van der Waals surface area (Å²) < 4.78 is 15.2. The van der Waals surface area contributed by atoms with E-state index in [-0.39, 0.29) is 10.7 Å². The molecule has 1 saturated heterocycles. The van der Waals surface area contributed by atoms with Crippen LogP contribution in [0.4, 0.5) is 9.18 Å². The van der Waals surface area contributed by atoms with Crippen molar-refractivity contribution in [2.75, 3.05) is 0 Å². The van der Waals surface area contributed by atoms with Crippen LogP contribution in [0.5, 0.6) is 0 Å². The van der Waals surface area contributed by atoms with Crippen LogP contribution < -0.4 is 10.6 Å². The topological polar surface area (TPSA) is 63.1 Å². The number of nitrogens with one attached hydrogen (secondary N) is 2. The third-order valence-corrected chi connectivity index (χ3v) is 3.94. The van der Waals surface area contributed by atoms with Crippen molar-refractivity contribution in [1.29, 1.82) is 0 Å². The van der Waals surface area contributed by atoms with Gasteiger partial charge in [-0.2, -0.15) is 0 Å². The number of carbonyl (C=O) groups excluding carboxylic acids is 2. The SMILES string of the molecule is Cc1cc(/C=C2/NC(=O)NC2=O)c(C)n1-c1ccc(F)c(Cl)c1. The summed E-state index contributed by atoms with van der Waals surface area (Å²) in [6.07, 6.45) is 1.60. The maximum Gasteiger partial charge on any atom is 0.326 e. The lowest BCUT2D eigenvalue weighted by atomic mass is 10.2. The molecule has 3 amide bonds. The van der Waals surface area contributed by atoms with Gasteiger partial charge in [-0.15, -0.1) is 0 Å². The zero-order valence-electron chi connectivity index (χ0n) is 12.4. The maximum atomic E-state index is 13.3. The zero-order chi connectivity index (χ0) is 16.7. The first kappa shape index (κ1) is 15.3. The van der Waals surface area contributed by atoms with Gasteiger partial charge in [0.25, 0.3) is 5.91 Å². The van der Waals surface area contributed by atoms with E-state index in [4.69, 9.17) is 11.6 Å². The van der Waals surface area contributed by atoms with Crippen molar-refractivity contribution in [3.8, 4) is 5.69 Å². The van der Waals surface area contributed by atoms with Crippen molar-refractivity contribution in [2.24, 2.45) is 0 Å². The van der Waals surface area contributed by atoms with Crippen LogP contribution in [0.2, 0.25) is 5.02 Å². The number of aromatic nitrogens is 1. The number of urea groups is 1. The number of hydrogen-bond donors (Lipinski definition) is 2. The lowest BCUT2D eigenvalue weighted by molar-refractivity contribution is -0.115. The van der Waals surface area contributed by atoms with E-state index in [1.54, 1.807) is 12.1 Å². The number of hydrogen-bond acceptors (Lipinski definition) is 2. The fourth-order valence-electron chi connectivity index (χ4n) is 2.59. The second-order valence-electron chi connectivity index (χ2n) is 5.23. The first-order chi connectivity index (χ1) is 10.9. The van der Waals surface area contributed by atoms with Crippen LogP contribution in [-0.2, 0) is 4.79 Å². The summed E-state index contributed by atoms with van der Waals surface area (Å²) in [6, 6.07) is 5.80. The molecule has 2 heterocycles. The molecule has 1 aliphatic rings. The molecule has 23 heavy (non-hydrogen) atoms. The van der Waals surface area contributed by atoms with E-state index in [0.717, 1.165) is 22.6 Å². The third-order valence-electron chi connectivity index (χ3n) is 3.65. The highest BCUT2D eigenvalue weighted by Crippen LogP contribution is 2.25. The molecule has 3 rings (SSSR count). The third kappa shape index (κ3) is 2.73. The Morgan fingerprint density at radius 3 is 2.52 bits per heavy atom. The summed E-state index contributed by atoms with van der Waals surface area (Å²) in [5.41, 5.74) is 3.41. The zero-order valence-corrected chi connectivity index (χ0v) is 13.2. The predicted molar refractivity (Wildman–Crippen MR) is 84.9 cm³/mol. The first-order valence-electron chi connectivity index (χ1n) is 6.85. The fourth-order valence-corrected chi connectivity index (χ4v) is 2.77. The highest BCUT2D eigenvalue weighted by Gasteiger charge is 2.23. The summed E-state index contributed by atoms with van der Waals surface area (Å²) in [6.45, 7) is 3.75. The van der Waals surface area contributed by atoms with Gasteiger partial charge in [-0.25, -0.2) is 9.18 Å². The summed E-state index contributed by atoms with van der Waals surface area (Å²) >= 11 is 5.85. The second-order valence-corrected chi connectivity index (χ2v) is 5.63. The van der Waals surface area contributed by atoms with E-state index in [9.17, 15) is 14.0 Å². The number of imide groups is 1. The monoisotopic (exact) mass is 333 g/mol. The summed E-state index contributed by atoms with van der Waals surface area (Å²) in [4.78, 5) is 22.8. The van der Waals surface area contributed by atoms with Crippen LogP contribution >= 0.6 is 11.6 Å². The Kier molecular flexibility index (Phi) is 3.69. The average Bonchev–Trinajstić information content (AvgIpc) is 2.93. The van der Waals surface area contributed by atoms with Crippen molar-refractivity contribution in [3.05, 3.63) is 57.8 Å². The van der Waals surface area contributed by atoms with Crippen LogP contribution in [0, 0.1) is 19.7 Å². The molecule has 0 unspecified atom stereocenters. The maximum absolute atomic E-state index is 13.3. The van der Waals surface area contributed by atoms with E-state index in [0.29, 0.717) is 0 Å². The highest BCUT2D eigenvalue weighted by atomic mass is 35.5. The first-order valence-corrected chi connectivity index (χ1v) is 7.23. The number of rotatable bonds is 2. The molecule has 1 fully saturated rings. The van der Waals surface area contributed by atoms with E-state index in [1.165, 1.54) is 12.1 Å². The molecule has 0 saturated carbocycles. The number of benzene rings is 1. The van der Waals surface area contributed by atoms with Crippen molar-refractivity contribution in [1.82, 2.24) is 15.2 Å². The second kappa shape index (κ2) is 5.55. The van der Waals surface area contributed by atoms with E-state index < -0.39 is 17.8 Å². The lowest BCUT2D eigenvalue weighted by Gasteiger charge is -2.10. The Labute approximate surface area is 136 Å². The minimum Gasteiger partial charge on any atom is -0.318 e. The van der Waals surface area contributed by atoms with Crippen molar-refractivity contribution in [3.63, 3.8) is 0 Å². The molecular formula is C16H13ClFN3O2. The molecule has 2 aromatic rings. The molecule has 0 bridgehead atoms. The van der Waals surface area contributed by atoms with Crippen molar-refractivity contribution in [2.45, 2.75) is 13.8 Å². The van der Waals surface area contributed by atoms with Gasteiger partial charge in [-0.1, -0.05) is 11.6 Å². The van der Waals surface area contributed by atoms with E-state index >= 15 is 0 Å². The largest absolute Gasteiger partial charge is 0.326 e. The molecule has 118 valence electrons. The molecule has 0 aliphatic carbocycles. The van der Waals surface area contributed by atoms with Crippen molar-refractivity contribution < 1.29 is 14.0 Å². The molecular weight excluding hydrogens is 321 g/mol. The van der Waals surface area contributed by atoms with Gasteiger partial charge in [-0.3, -0.25) is 10.1 Å².